The Morgan fingerprint density at radius 3 is 2.33 bits per heavy atom. The molecule has 0 aliphatic carbocycles. The van der Waals surface area contributed by atoms with Gasteiger partial charge in [0, 0.05) is 23.6 Å². The number of carbonyl (C=O) groups is 2. The van der Waals surface area contributed by atoms with Gasteiger partial charge in [0.15, 0.2) is 0 Å². The predicted octanol–water partition coefficient (Wildman–Crippen LogP) is 5.20. The van der Waals surface area contributed by atoms with E-state index in [1.165, 1.54) is 12.4 Å². The summed E-state index contributed by atoms with van der Waals surface area (Å²) < 4.78 is 0. The fourth-order valence-corrected chi connectivity index (χ4v) is 2.78. The third-order valence-electron chi connectivity index (χ3n) is 3.88. The first-order valence-electron chi connectivity index (χ1n) is 8.03. The van der Waals surface area contributed by atoms with Crippen LogP contribution in [0.15, 0.2) is 60.9 Å². The molecule has 3 aromatic rings. The molecule has 2 aromatic carbocycles. The zero-order valence-electron chi connectivity index (χ0n) is 14.3. The van der Waals surface area contributed by atoms with Crippen molar-refractivity contribution in [1.82, 2.24) is 4.98 Å². The van der Waals surface area contributed by atoms with Crippen molar-refractivity contribution < 1.29 is 9.59 Å². The van der Waals surface area contributed by atoms with Gasteiger partial charge in [-0.15, -0.1) is 0 Å². The number of benzene rings is 2. The smallest absolute Gasteiger partial charge is 0.257 e. The van der Waals surface area contributed by atoms with Crippen LogP contribution in [0, 0.1) is 6.92 Å². The maximum absolute atomic E-state index is 12.8. The fourth-order valence-electron chi connectivity index (χ4n) is 2.48. The van der Waals surface area contributed by atoms with Gasteiger partial charge in [-0.25, -0.2) is 0 Å². The van der Waals surface area contributed by atoms with Gasteiger partial charge >= 0.3 is 0 Å². The van der Waals surface area contributed by atoms with Crippen molar-refractivity contribution >= 4 is 46.4 Å². The summed E-state index contributed by atoms with van der Waals surface area (Å²) in [7, 11) is 0. The number of nitrogens with zero attached hydrogens (tertiary/aromatic N) is 1. The first kappa shape index (κ1) is 18.9. The second-order valence-corrected chi connectivity index (χ2v) is 6.58. The monoisotopic (exact) mass is 399 g/mol. The highest BCUT2D eigenvalue weighted by molar-refractivity contribution is 6.42. The zero-order chi connectivity index (χ0) is 19.4. The highest BCUT2D eigenvalue weighted by Crippen LogP contribution is 2.27. The standard InChI is InChI=1S/C20H15Cl2N3O2/c1-12-3-2-4-15(18(12)25-19(26)13-7-9-23-10-8-13)20(27)24-14-5-6-16(21)17(22)11-14/h2-11H,1H3,(H,24,27)(H,25,26). The van der Waals surface area contributed by atoms with Crippen molar-refractivity contribution in [3.63, 3.8) is 0 Å². The van der Waals surface area contributed by atoms with E-state index < -0.39 is 0 Å². The minimum Gasteiger partial charge on any atom is -0.322 e. The molecule has 0 aliphatic rings. The lowest BCUT2D eigenvalue weighted by molar-refractivity contribution is 0.102. The largest absolute Gasteiger partial charge is 0.322 e. The lowest BCUT2D eigenvalue weighted by Gasteiger charge is -2.14. The van der Waals surface area contributed by atoms with Gasteiger partial charge in [0.1, 0.15) is 0 Å². The molecule has 1 aromatic heterocycles. The van der Waals surface area contributed by atoms with E-state index in [0.29, 0.717) is 32.5 Å². The van der Waals surface area contributed by atoms with Gasteiger partial charge in [-0.2, -0.15) is 0 Å². The summed E-state index contributed by atoms with van der Waals surface area (Å²) in [6, 6.07) is 13.2. The molecule has 136 valence electrons. The second kappa shape index (κ2) is 8.20. The molecular weight excluding hydrogens is 385 g/mol. The molecule has 0 aliphatic heterocycles. The second-order valence-electron chi connectivity index (χ2n) is 5.77. The number of pyridine rings is 1. The van der Waals surface area contributed by atoms with E-state index in [2.05, 4.69) is 15.6 Å². The lowest BCUT2D eigenvalue weighted by Crippen LogP contribution is -2.19. The first-order chi connectivity index (χ1) is 13.0. The van der Waals surface area contributed by atoms with E-state index in [4.69, 9.17) is 23.2 Å². The number of aromatic nitrogens is 1. The Hall–Kier alpha value is -2.89. The van der Waals surface area contributed by atoms with E-state index in [9.17, 15) is 9.59 Å². The quantitative estimate of drug-likeness (QED) is 0.632. The maximum atomic E-state index is 12.8. The number of amides is 2. The van der Waals surface area contributed by atoms with Crippen molar-refractivity contribution in [2.24, 2.45) is 0 Å². The summed E-state index contributed by atoms with van der Waals surface area (Å²) in [5, 5.41) is 6.31. The molecule has 0 saturated heterocycles. The Morgan fingerprint density at radius 2 is 1.63 bits per heavy atom. The van der Waals surface area contributed by atoms with Gasteiger partial charge in [-0.3, -0.25) is 14.6 Å². The number of anilines is 2. The van der Waals surface area contributed by atoms with Gasteiger partial charge in [0.25, 0.3) is 11.8 Å². The summed E-state index contributed by atoms with van der Waals surface area (Å²) in [5.74, 6) is -0.697. The molecule has 1 heterocycles. The van der Waals surface area contributed by atoms with Crippen LogP contribution in [0.2, 0.25) is 10.0 Å². The molecule has 0 unspecified atom stereocenters. The van der Waals surface area contributed by atoms with Gasteiger partial charge in [0.05, 0.1) is 21.3 Å². The molecule has 27 heavy (non-hydrogen) atoms. The number of nitrogens with one attached hydrogen (secondary N) is 2. The van der Waals surface area contributed by atoms with Gasteiger partial charge in [-0.1, -0.05) is 35.3 Å². The summed E-state index contributed by atoms with van der Waals surface area (Å²) in [4.78, 5) is 29.1. The van der Waals surface area contributed by atoms with Crippen LogP contribution < -0.4 is 10.6 Å². The highest BCUT2D eigenvalue weighted by atomic mass is 35.5. The fraction of sp³-hybridized carbons (Fsp3) is 0.0500. The normalized spacial score (nSPS) is 10.3. The third kappa shape index (κ3) is 4.45. The molecular formula is C20H15Cl2N3O2. The maximum Gasteiger partial charge on any atom is 0.257 e. The summed E-state index contributed by atoms with van der Waals surface area (Å²) in [5.41, 5.74) is 2.49. The first-order valence-corrected chi connectivity index (χ1v) is 8.78. The molecule has 3 rings (SSSR count). The lowest BCUT2D eigenvalue weighted by atomic mass is 10.1. The average Bonchev–Trinajstić information content (AvgIpc) is 2.67. The highest BCUT2D eigenvalue weighted by Gasteiger charge is 2.17. The van der Waals surface area contributed by atoms with Crippen molar-refractivity contribution in [2.45, 2.75) is 6.92 Å². The van der Waals surface area contributed by atoms with Crippen LogP contribution in [0.3, 0.4) is 0 Å². The van der Waals surface area contributed by atoms with E-state index in [-0.39, 0.29) is 11.8 Å². The minimum atomic E-state index is -0.373. The Morgan fingerprint density at radius 1 is 0.889 bits per heavy atom. The van der Waals surface area contributed by atoms with Crippen LogP contribution in [0.25, 0.3) is 0 Å². The number of carbonyl (C=O) groups excluding carboxylic acids is 2. The third-order valence-corrected chi connectivity index (χ3v) is 4.61. The SMILES string of the molecule is Cc1cccc(C(=O)Nc2ccc(Cl)c(Cl)c2)c1NC(=O)c1ccncc1. The molecule has 2 N–H and O–H groups in total. The van der Waals surface area contributed by atoms with Crippen LogP contribution in [0.5, 0.6) is 0 Å². The number of rotatable bonds is 4. The number of halogens is 2. The number of para-hydroxylation sites is 1. The molecule has 0 atom stereocenters. The Kier molecular flexibility index (Phi) is 5.74. The Labute approximate surface area is 166 Å². The molecule has 0 saturated carbocycles. The van der Waals surface area contributed by atoms with Crippen molar-refractivity contribution in [3.8, 4) is 0 Å². The molecule has 7 heteroatoms. The number of hydrogen-bond donors (Lipinski definition) is 2. The average molecular weight is 400 g/mol. The van der Waals surface area contributed by atoms with Crippen LogP contribution >= 0.6 is 23.2 Å². The summed E-state index contributed by atoms with van der Waals surface area (Å²) in [6.45, 7) is 1.82. The number of aryl methyl sites for hydroxylation is 1. The predicted molar refractivity (Wildman–Crippen MR) is 108 cm³/mol. The molecule has 5 nitrogen and oxygen atoms in total. The zero-order valence-corrected chi connectivity index (χ0v) is 15.8. The summed E-state index contributed by atoms with van der Waals surface area (Å²) >= 11 is 11.9. The van der Waals surface area contributed by atoms with Crippen molar-refractivity contribution in [2.75, 3.05) is 10.6 Å². The van der Waals surface area contributed by atoms with Crippen LogP contribution in [0.1, 0.15) is 26.3 Å². The topological polar surface area (TPSA) is 71.1 Å². The molecule has 0 fully saturated rings. The van der Waals surface area contributed by atoms with E-state index in [1.54, 1.807) is 42.5 Å². The van der Waals surface area contributed by atoms with E-state index in [0.717, 1.165) is 5.56 Å². The number of hydrogen-bond acceptors (Lipinski definition) is 3. The Balaban J connectivity index is 1.87. The molecule has 0 bridgehead atoms. The van der Waals surface area contributed by atoms with Crippen molar-refractivity contribution in [1.29, 1.82) is 0 Å². The van der Waals surface area contributed by atoms with E-state index in [1.807, 2.05) is 13.0 Å². The van der Waals surface area contributed by atoms with Crippen molar-refractivity contribution in [3.05, 3.63) is 87.7 Å². The van der Waals surface area contributed by atoms with Gasteiger partial charge in [0.2, 0.25) is 0 Å². The molecule has 0 spiro atoms. The minimum absolute atomic E-state index is 0.324. The molecule has 0 radical (unpaired) electrons. The Bertz CT molecular complexity index is 1010. The summed E-state index contributed by atoms with van der Waals surface area (Å²) in [6.07, 6.45) is 3.06. The van der Waals surface area contributed by atoms with Gasteiger partial charge < -0.3 is 10.6 Å². The van der Waals surface area contributed by atoms with Crippen LogP contribution in [-0.2, 0) is 0 Å². The molecule has 2 amide bonds. The van der Waals surface area contributed by atoms with Crippen LogP contribution in [0.4, 0.5) is 11.4 Å². The van der Waals surface area contributed by atoms with E-state index >= 15 is 0 Å². The van der Waals surface area contributed by atoms with Gasteiger partial charge in [-0.05, 0) is 48.9 Å². The van der Waals surface area contributed by atoms with Crippen LogP contribution in [-0.4, -0.2) is 16.8 Å².